The third-order valence-electron chi connectivity index (χ3n) is 4.97. The third kappa shape index (κ3) is 3.68. The van der Waals surface area contributed by atoms with Crippen molar-refractivity contribution in [1.82, 2.24) is 4.98 Å². The van der Waals surface area contributed by atoms with Crippen molar-refractivity contribution >= 4 is 21.5 Å². The highest BCUT2D eigenvalue weighted by Gasteiger charge is 2.18. The van der Waals surface area contributed by atoms with E-state index >= 15 is 0 Å². The number of benzene rings is 1. The number of rotatable bonds is 4. The summed E-state index contributed by atoms with van der Waals surface area (Å²) in [5.41, 5.74) is 2.89. The number of hydrogen-bond acceptors (Lipinski definition) is 5. The number of aromatic nitrogens is 1. The van der Waals surface area contributed by atoms with E-state index in [-0.39, 0.29) is 0 Å². The first kappa shape index (κ1) is 17.3. The summed E-state index contributed by atoms with van der Waals surface area (Å²) in [5.74, 6) is 0.838. The summed E-state index contributed by atoms with van der Waals surface area (Å²) in [7, 11) is -3.61. The summed E-state index contributed by atoms with van der Waals surface area (Å²) >= 11 is 0. The van der Waals surface area contributed by atoms with Crippen LogP contribution in [-0.2, 0) is 27.6 Å². The van der Waals surface area contributed by atoms with E-state index in [9.17, 15) is 8.42 Å². The Hall–Kier alpha value is -2.12. The Kier molecular flexibility index (Phi) is 4.82. The summed E-state index contributed by atoms with van der Waals surface area (Å²) in [6.07, 6.45) is 5.86. The van der Waals surface area contributed by atoms with E-state index in [0.29, 0.717) is 23.8 Å². The van der Waals surface area contributed by atoms with E-state index in [4.69, 9.17) is 4.74 Å². The van der Waals surface area contributed by atoms with E-state index in [1.165, 1.54) is 12.0 Å². The van der Waals surface area contributed by atoms with Gasteiger partial charge in [0, 0.05) is 13.1 Å². The zero-order valence-electron chi connectivity index (χ0n) is 14.6. The Morgan fingerprint density at radius 3 is 2.50 bits per heavy atom. The van der Waals surface area contributed by atoms with Gasteiger partial charge in [-0.15, -0.1) is 0 Å². The monoisotopic (exact) mass is 373 g/mol. The molecule has 138 valence electrons. The van der Waals surface area contributed by atoms with Crippen LogP contribution >= 0.6 is 0 Å². The molecule has 0 saturated carbocycles. The summed E-state index contributed by atoms with van der Waals surface area (Å²) in [6.45, 7) is 2.98. The maximum atomic E-state index is 12.7. The van der Waals surface area contributed by atoms with Crippen molar-refractivity contribution in [2.24, 2.45) is 0 Å². The Balaban J connectivity index is 1.50. The van der Waals surface area contributed by atoms with Crippen LogP contribution in [0.1, 0.15) is 24.0 Å². The first-order valence-corrected chi connectivity index (χ1v) is 10.5. The molecule has 1 aliphatic carbocycles. The van der Waals surface area contributed by atoms with Crippen LogP contribution in [0.4, 0.5) is 11.5 Å². The number of nitrogens with zero attached hydrogens (tertiary/aromatic N) is 2. The molecular weight excluding hydrogens is 350 g/mol. The minimum Gasteiger partial charge on any atom is -0.378 e. The lowest BCUT2D eigenvalue weighted by molar-refractivity contribution is 0.122. The van der Waals surface area contributed by atoms with Gasteiger partial charge in [0.15, 0.2) is 0 Å². The van der Waals surface area contributed by atoms with Crippen LogP contribution in [0.5, 0.6) is 0 Å². The molecule has 0 amide bonds. The van der Waals surface area contributed by atoms with E-state index in [1.54, 1.807) is 18.3 Å². The summed E-state index contributed by atoms with van der Waals surface area (Å²) in [4.78, 5) is 6.84. The van der Waals surface area contributed by atoms with Crippen molar-refractivity contribution < 1.29 is 13.2 Å². The molecule has 1 N–H and O–H groups in total. The molecule has 2 aromatic rings. The van der Waals surface area contributed by atoms with Gasteiger partial charge in [-0.2, -0.15) is 0 Å². The highest BCUT2D eigenvalue weighted by atomic mass is 32.2. The summed E-state index contributed by atoms with van der Waals surface area (Å²) in [6, 6.07) is 9.06. The summed E-state index contributed by atoms with van der Waals surface area (Å²) in [5, 5.41) is 0. The second-order valence-corrected chi connectivity index (χ2v) is 8.43. The van der Waals surface area contributed by atoms with E-state index in [2.05, 4.69) is 14.6 Å². The molecule has 0 atom stereocenters. The fourth-order valence-corrected chi connectivity index (χ4v) is 4.61. The third-order valence-corrected chi connectivity index (χ3v) is 6.34. The number of aryl methyl sites for hydroxylation is 2. The Bertz CT molecular complexity index is 875. The molecular formula is C19H23N3O3S. The maximum Gasteiger partial charge on any atom is 0.261 e. The minimum atomic E-state index is -3.61. The number of sulfonamides is 1. The van der Waals surface area contributed by atoms with Crippen LogP contribution in [0.15, 0.2) is 41.4 Å². The van der Waals surface area contributed by atoms with Crippen molar-refractivity contribution in [2.75, 3.05) is 35.9 Å². The molecule has 26 heavy (non-hydrogen) atoms. The van der Waals surface area contributed by atoms with Crippen LogP contribution in [0.25, 0.3) is 0 Å². The van der Waals surface area contributed by atoms with Gasteiger partial charge in [0.25, 0.3) is 10.0 Å². The van der Waals surface area contributed by atoms with Crippen LogP contribution in [0, 0.1) is 0 Å². The van der Waals surface area contributed by atoms with Crippen molar-refractivity contribution in [3.05, 3.63) is 47.7 Å². The molecule has 0 spiro atoms. The second-order valence-electron chi connectivity index (χ2n) is 6.75. The van der Waals surface area contributed by atoms with E-state index in [1.807, 2.05) is 18.2 Å². The number of nitrogens with one attached hydrogen (secondary N) is 1. The quantitative estimate of drug-likeness (QED) is 0.892. The molecule has 1 saturated heterocycles. The predicted molar refractivity (Wildman–Crippen MR) is 101 cm³/mol. The lowest BCUT2D eigenvalue weighted by Crippen LogP contribution is -2.36. The number of pyridine rings is 1. The van der Waals surface area contributed by atoms with Crippen molar-refractivity contribution in [3.8, 4) is 0 Å². The zero-order chi connectivity index (χ0) is 18.0. The normalized spacial score (nSPS) is 17.6. The van der Waals surface area contributed by atoms with E-state index < -0.39 is 10.0 Å². The zero-order valence-corrected chi connectivity index (χ0v) is 15.5. The van der Waals surface area contributed by atoms with Gasteiger partial charge >= 0.3 is 0 Å². The molecule has 7 heteroatoms. The van der Waals surface area contributed by atoms with Gasteiger partial charge in [-0.05, 0) is 61.1 Å². The van der Waals surface area contributed by atoms with Crippen LogP contribution in [0.2, 0.25) is 0 Å². The largest absolute Gasteiger partial charge is 0.378 e. The van der Waals surface area contributed by atoms with Crippen LogP contribution in [-0.4, -0.2) is 39.7 Å². The average molecular weight is 373 g/mol. The smallest absolute Gasteiger partial charge is 0.261 e. The van der Waals surface area contributed by atoms with Gasteiger partial charge in [-0.1, -0.05) is 6.07 Å². The molecule has 2 aliphatic rings. The van der Waals surface area contributed by atoms with Crippen LogP contribution in [0.3, 0.4) is 0 Å². The molecule has 4 rings (SSSR count). The van der Waals surface area contributed by atoms with Crippen molar-refractivity contribution in [1.29, 1.82) is 0 Å². The molecule has 0 unspecified atom stereocenters. The number of fused-ring (bicyclic) bond motifs is 1. The fourth-order valence-electron chi connectivity index (χ4n) is 3.52. The standard InChI is InChI=1S/C19H23N3O3S/c23-26(24,18-7-5-15-3-1-2-4-16(15)13-18)21-17-6-8-19(20-14-17)22-9-11-25-12-10-22/h5-8,13-14,21H,1-4,9-12H2. The summed E-state index contributed by atoms with van der Waals surface area (Å²) < 4.78 is 33.4. The molecule has 1 aliphatic heterocycles. The lowest BCUT2D eigenvalue weighted by Gasteiger charge is -2.27. The topological polar surface area (TPSA) is 71.5 Å². The van der Waals surface area contributed by atoms with Gasteiger partial charge < -0.3 is 9.64 Å². The molecule has 1 fully saturated rings. The van der Waals surface area contributed by atoms with Gasteiger partial charge in [-0.25, -0.2) is 13.4 Å². The molecule has 1 aromatic carbocycles. The number of ether oxygens (including phenoxy) is 1. The maximum absolute atomic E-state index is 12.7. The minimum absolute atomic E-state index is 0.315. The number of anilines is 2. The molecule has 1 aromatic heterocycles. The Morgan fingerprint density at radius 1 is 1.00 bits per heavy atom. The highest BCUT2D eigenvalue weighted by Crippen LogP contribution is 2.25. The van der Waals surface area contributed by atoms with Crippen molar-refractivity contribution in [3.63, 3.8) is 0 Å². The van der Waals surface area contributed by atoms with Gasteiger partial charge in [-0.3, -0.25) is 4.72 Å². The van der Waals surface area contributed by atoms with Crippen molar-refractivity contribution in [2.45, 2.75) is 30.6 Å². The molecule has 2 heterocycles. The average Bonchev–Trinajstić information content (AvgIpc) is 2.68. The molecule has 0 bridgehead atoms. The lowest BCUT2D eigenvalue weighted by atomic mass is 9.92. The van der Waals surface area contributed by atoms with Crippen LogP contribution < -0.4 is 9.62 Å². The Morgan fingerprint density at radius 2 is 1.77 bits per heavy atom. The second kappa shape index (κ2) is 7.25. The predicted octanol–water partition coefficient (Wildman–Crippen LogP) is 2.60. The molecule has 6 nitrogen and oxygen atoms in total. The van der Waals surface area contributed by atoms with Gasteiger partial charge in [0.2, 0.25) is 0 Å². The van der Waals surface area contributed by atoms with Gasteiger partial charge in [0.1, 0.15) is 5.82 Å². The number of hydrogen-bond donors (Lipinski definition) is 1. The van der Waals surface area contributed by atoms with E-state index in [0.717, 1.165) is 43.7 Å². The SMILES string of the molecule is O=S(=O)(Nc1ccc(N2CCOCC2)nc1)c1ccc2c(c1)CCCC2. The fraction of sp³-hybridized carbons (Fsp3) is 0.421. The van der Waals surface area contributed by atoms with Gasteiger partial charge in [0.05, 0.1) is 30.0 Å². The molecule has 0 radical (unpaired) electrons. The number of morpholine rings is 1. The first-order valence-electron chi connectivity index (χ1n) is 9.05. The first-order chi connectivity index (χ1) is 12.6. The Labute approximate surface area is 154 Å². The highest BCUT2D eigenvalue weighted by molar-refractivity contribution is 7.92.